The lowest BCUT2D eigenvalue weighted by atomic mass is 9.82. The molecule has 0 saturated heterocycles. The van der Waals surface area contributed by atoms with Gasteiger partial charge in [0.2, 0.25) is 12.0 Å². The van der Waals surface area contributed by atoms with Crippen LogP contribution in [0.5, 0.6) is 0 Å². The number of fused-ring (bicyclic) bond motifs is 1. The van der Waals surface area contributed by atoms with E-state index in [0.29, 0.717) is 11.1 Å². The van der Waals surface area contributed by atoms with Gasteiger partial charge < -0.3 is 14.2 Å². The van der Waals surface area contributed by atoms with Crippen LogP contribution in [0.1, 0.15) is 20.7 Å². The van der Waals surface area contributed by atoms with E-state index >= 15 is 0 Å². The molecule has 0 spiro atoms. The van der Waals surface area contributed by atoms with Crippen molar-refractivity contribution in [3.05, 3.63) is 58.4 Å². The Bertz CT molecular complexity index is 756. The molecule has 0 aromatic heterocycles. The van der Waals surface area contributed by atoms with Gasteiger partial charge in [0.25, 0.3) is 0 Å². The molecule has 112 valence electrons. The van der Waals surface area contributed by atoms with Crippen LogP contribution in [0, 0.1) is 0 Å². The number of ketones is 2. The van der Waals surface area contributed by atoms with Crippen molar-refractivity contribution in [3.63, 3.8) is 0 Å². The first kappa shape index (κ1) is 14.2. The Balaban J connectivity index is 2.19. The van der Waals surface area contributed by atoms with Gasteiger partial charge in [0.05, 0.1) is 12.7 Å². The van der Waals surface area contributed by atoms with Crippen molar-refractivity contribution in [1.82, 2.24) is 0 Å². The van der Waals surface area contributed by atoms with E-state index in [1.54, 1.807) is 24.3 Å². The number of rotatable bonds is 2. The molecule has 1 aliphatic carbocycles. The summed E-state index contributed by atoms with van der Waals surface area (Å²) in [6.07, 6.45) is 0.103. The lowest BCUT2D eigenvalue weighted by Gasteiger charge is -2.29. The van der Waals surface area contributed by atoms with Crippen LogP contribution in [-0.4, -0.2) is 38.0 Å². The number of benzene rings is 1. The highest BCUT2D eigenvalue weighted by atomic mass is 16.7. The summed E-state index contributed by atoms with van der Waals surface area (Å²) >= 11 is 0. The molecule has 6 heteroatoms. The van der Waals surface area contributed by atoms with E-state index in [9.17, 15) is 14.4 Å². The van der Waals surface area contributed by atoms with Gasteiger partial charge in [-0.15, -0.1) is 0 Å². The average Bonchev–Trinajstić information content (AvgIpc) is 2.57. The molecule has 1 aromatic carbocycles. The largest absolute Gasteiger partial charge is 0.463 e. The number of hydrogen-bond acceptors (Lipinski definition) is 6. The number of carbonyl (C=O) groups excluding carboxylic acids is 3. The Kier molecular flexibility index (Phi) is 3.38. The van der Waals surface area contributed by atoms with Crippen molar-refractivity contribution in [2.24, 2.45) is 0 Å². The highest BCUT2D eigenvalue weighted by molar-refractivity contribution is 6.28. The molecule has 0 N–H and O–H groups in total. The van der Waals surface area contributed by atoms with Crippen LogP contribution in [0.15, 0.2) is 47.2 Å². The standard InChI is InChI=1S/C16H12O6/c1-20-15(19)11-7-10-12(16(21-2)22-11)14(18)9-6-4-3-5-8(9)13(10)17/h3-7,16H,1-2H3. The van der Waals surface area contributed by atoms with Crippen molar-refractivity contribution in [2.45, 2.75) is 6.29 Å². The van der Waals surface area contributed by atoms with Gasteiger partial charge in [-0.1, -0.05) is 24.3 Å². The Morgan fingerprint density at radius 1 is 1.09 bits per heavy atom. The number of esters is 1. The predicted octanol–water partition coefficient (Wildman–Crippen LogP) is 1.42. The number of allylic oxidation sites excluding steroid dienone is 2. The highest BCUT2D eigenvalue weighted by Gasteiger charge is 2.40. The molecule has 0 bridgehead atoms. The molecule has 1 unspecified atom stereocenters. The fourth-order valence-electron chi connectivity index (χ4n) is 2.50. The summed E-state index contributed by atoms with van der Waals surface area (Å²) in [7, 11) is 2.52. The predicted molar refractivity (Wildman–Crippen MR) is 74.1 cm³/mol. The maximum atomic E-state index is 12.6. The zero-order valence-electron chi connectivity index (χ0n) is 11.9. The summed E-state index contributed by atoms with van der Waals surface area (Å²) < 4.78 is 15.0. The number of ether oxygens (including phenoxy) is 3. The minimum atomic E-state index is -1.13. The van der Waals surface area contributed by atoms with Crippen LogP contribution in [-0.2, 0) is 19.0 Å². The summed E-state index contributed by atoms with van der Waals surface area (Å²) in [4.78, 5) is 36.8. The molecule has 6 nitrogen and oxygen atoms in total. The fraction of sp³-hybridized carbons (Fsp3) is 0.188. The molecule has 3 rings (SSSR count). The number of methoxy groups -OCH3 is 2. The second kappa shape index (κ2) is 5.23. The minimum absolute atomic E-state index is 0.0962. The van der Waals surface area contributed by atoms with Crippen molar-refractivity contribution in [1.29, 1.82) is 0 Å². The van der Waals surface area contributed by atoms with E-state index in [4.69, 9.17) is 9.47 Å². The molecule has 0 radical (unpaired) electrons. The first-order chi connectivity index (χ1) is 10.6. The van der Waals surface area contributed by atoms with E-state index < -0.39 is 12.3 Å². The van der Waals surface area contributed by atoms with Crippen LogP contribution in [0.3, 0.4) is 0 Å². The smallest absolute Gasteiger partial charge is 0.373 e. The second-order valence-electron chi connectivity index (χ2n) is 4.72. The fourth-order valence-corrected chi connectivity index (χ4v) is 2.50. The third kappa shape index (κ3) is 1.96. The van der Waals surface area contributed by atoms with Gasteiger partial charge in [0.15, 0.2) is 11.6 Å². The van der Waals surface area contributed by atoms with Gasteiger partial charge in [-0.2, -0.15) is 0 Å². The van der Waals surface area contributed by atoms with Gasteiger partial charge in [-0.25, -0.2) is 4.79 Å². The number of Topliss-reactive ketones (excluding diaryl/α,β-unsaturated/α-hetero) is 2. The summed E-state index contributed by atoms with van der Waals surface area (Å²) in [5, 5.41) is 0. The number of carbonyl (C=O) groups is 3. The molecule has 2 aliphatic rings. The lowest BCUT2D eigenvalue weighted by Crippen LogP contribution is -2.35. The van der Waals surface area contributed by atoms with Crippen LogP contribution >= 0.6 is 0 Å². The van der Waals surface area contributed by atoms with E-state index in [-0.39, 0.29) is 28.5 Å². The SMILES string of the molecule is COC(=O)C1=CC2=C(C(=O)c3ccccc3C2=O)C(OC)O1. The quantitative estimate of drug-likeness (QED) is 0.769. The van der Waals surface area contributed by atoms with Gasteiger partial charge in [-0.05, 0) is 6.08 Å². The van der Waals surface area contributed by atoms with Crippen LogP contribution in [0.25, 0.3) is 0 Å². The summed E-state index contributed by atoms with van der Waals surface area (Å²) in [6.45, 7) is 0. The van der Waals surface area contributed by atoms with Crippen molar-refractivity contribution in [3.8, 4) is 0 Å². The third-order valence-electron chi connectivity index (χ3n) is 3.54. The first-order valence-corrected chi connectivity index (χ1v) is 6.50. The van der Waals surface area contributed by atoms with E-state index in [2.05, 4.69) is 4.74 Å². The molecule has 22 heavy (non-hydrogen) atoms. The van der Waals surface area contributed by atoms with Crippen molar-refractivity contribution in [2.75, 3.05) is 14.2 Å². The topological polar surface area (TPSA) is 78.9 Å². The van der Waals surface area contributed by atoms with Crippen LogP contribution in [0.2, 0.25) is 0 Å². The zero-order chi connectivity index (χ0) is 15.9. The summed E-state index contributed by atoms with van der Waals surface area (Å²) in [5.74, 6) is -1.62. The molecule has 0 fully saturated rings. The molecule has 1 aliphatic heterocycles. The molecular weight excluding hydrogens is 288 g/mol. The Hall–Kier alpha value is -2.73. The van der Waals surface area contributed by atoms with Crippen molar-refractivity contribution >= 4 is 17.5 Å². The average molecular weight is 300 g/mol. The molecule has 1 heterocycles. The first-order valence-electron chi connectivity index (χ1n) is 6.50. The molecule has 0 saturated carbocycles. The molecule has 1 aromatic rings. The molecule has 0 amide bonds. The van der Waals surface area contributed by atoms with Crippen LogP contribution in [0.4, 0.5) is 0 Å². The maximum absolute atomic E-state index is 12.6. The maximum Gasteiger partial charge on any atom is 0.373 e. The van der Waals surface area contributed by atoms with E-state index in [1.165, 1.54) is 20.3 Å². The zero-order valence-corrected chi connectivity index (χ0v) is 11.9. The van der Waals surface area contributed by atoms with Crippen molar-refractivity contribution < 1.29 is 28.6 Å². The number of hydrogen-bond donors (Lipinski definition) is 0. The van der Waals surface area contributed by atoms with Gasteiger partial charge in [-0.3, -0.25) is 9.59 Å². The summed E-state index contributed by atoms with van der Waals surface area (Å²) in [5.41, 5.74) is 0.788. The Morgan fingerprint density at radius 3 is 2.32 bits per heavy atom. The third-order valence-corrected chi connectivity index (χ3v) is 3.54. The molecular formula is C16H12O6. The Morgan fingerprint density at radius 2 is 1.73 bits per heavy atom. The van der Waals surface area contributed by atoms with E-state index in [1.807, 2.05) is 0 Å². The highest BCUT2D eigenvalue weighted by Crippen LogP contribution is 2.34. The van der Waals surface area contributed by atoms with Gasteiger partial charge in [0, 0.05) is 23.8 Å². The second-order valence-corrected chi connectivity index (χ2v) is 4.72. The Labute approximate surface area is 126 Å². The lowest BCUT2D eigenvalue weighted by molar-refractivity contribution is -0.147. The van der Waals surface area contributed by atoms with Gasteiger partial charge >= 0.3 is 5.97 Å². The van der Waals surface area contributed by atoms with E-state index in [0.717, 1.165) is 0 Å². The van der Waals surface area contributed by atoms with Gasteiger partial charge in [0.1, 0.15) is 0 Å². The van der Waals surface area contributed by atoms with Crippen LogP contribution < -0.4 is 0 Å². The normalized spacial score (nSPS) is 19.9. The minimum Gasteiger partial charge on any atom is -0.463 e. The summed E-state index contributed by atoms with van der Waals surface area (Å²) in [6, 6.07) is 6.50. The molecule has 1 atom stereocenters. The monoisotopic (exact) mass is 300 g/mol.